The van der Waals surface area contributed by atoms with Gasteiger partial charge in [-0.1, -0.05) is 5.16 Å². The SMILES string of the molecule is Cc1onc(-c2ccncc2)c1COc1ccc(C(=O)NCCO)nn1. The van der Waals surface area contributed by atoms with Crippen LogP contribution < -0.4 is 10.1 Å². The fourth-order valence-corrected chi connectivity index (χ4v) is 2.22. The maximum absolute atomic E-state index is 11.7. The summed E-state index contributed by atoms with van der Waals surface area (Å²) in [6, 6.07) is 6.72. The van der Waals surface area contributed by atoms with Crippen molar-refractivity contribution in [3.05, 3.63) is 53.7 Å². The van der Waals surface area contributed by atoms with E-state index in [1.807, 2.05) is 12.1 Å². The summed E-state index contributed by atoms with van der Waals surface area (Å²) in [5.74, 6) is 0.503. The zero-order chi connectivity index (χ0) is 18.4. The van der Waals surface area contributed by atoms with Crippen LogP contribution in [-0.4, -0.2) is 44.5 Å². The van der Waals surface area contributed by atoms with E-state index in [1.54, 1.807) is 25.4 Å². The van der Waals surface area contributed by atoms with E-state index in [9.17, 15) is 4.79 Å². The highest BCUT2D eigenvalue weighted by atomic mass is 16.5. The molecule has 0 saturated carbocycles. The third-order valence-electron chi connectivity index (χ3n) is 3.57. The molecular formula is C17H17N5O4. The van der Waals surface area contributed by atoms with E-state index in [4.69, 9.17) is 14.4 Å². The van der Waals surface area contributed by atoms with Gasteiger partial charge in [-0.2, -0.15) is 0 Å². The lowest BCUT2D eigenvalue weighted by Gasteiger charge is -2.06. The summed E-state index contributed by atoms with van der Waals surface area (Å²) in [5, 5.41) is 23.0. The lowest BCUT2D eigenvalue weighted by Crippen LogP contribution is -2.27. The molecule has 0 bridgehead atoms. The van der Waals surface area contributed by atoms with Gasteiger partial charge in [-0.3, -0.25) is 9.78 Å². The van der Waals surface area contributed by atoms with E-state index < -0.39 is 5.91 Å². The Morgan fingerprint density at radius 3 is 2.73 bits per heavy atom. The summed E-state index contributed by atoms with van der Waals surface area (Å²) in [5.41, 5.74) is 2.49. The molecule has 26 heavy (non-hydrogen) atoms. The second kappa shape index (κ2) is 8.17. The minimum atomic E-state index is -0.409. The summed E-state index contributed by atoms with van der Waals surface area (Å²) in [6.07, 6.45) is 3.35. The summed E-state index contributed by atoms with van der Waals surface area (Å²) in [4.78, 5) is 15.7. The summed E-state index contributed by atoms with van der Waals surface area (Å²) >= 11 is 0. The first-order valence-corrected chi connectivity index (χ1v) is 7.90. The number of hydrogen-bond donors (Lipinski definition) is 2. The van der Waals surface area contributed by atoms with Crippen LogP contribution in [0.3, 0.4) is 0 Å². The average Bonchev–Trinajstić information content (AvgIpc) is 3.06. The molecule has 3 aromatic heterocycles. The number of aliphatic hydroxyl groups excluding tert-OH is 1. The van der Waals surface area contributed by atoms with Crippen LogP contribution in [0.2, 0.25) is 0 Å². The fraction of sp³-hybridized carbons (Fsp3) is 0.235. The Balaban J connectivity index is 1.68. The lowest BCUT2D eigenvalue weighted by molar-refractivity contribution is 0.0938. The van der Waals surface area contributed by atoms with Gasteiger partial charge in [0.25, 0.3) is 5.91 Å². The number of pyridine rings is 1. The van der Waals surface area contributed by atoms with Crippen LogP contribution in [0, 0.1) is 6.92 Å². The predicted molar refractivity (Wildman–Crippen MR) is 90.3 cm³/mol. The van der Waals surface area contributed by atoms with Gasteiger partial charge in [0.05, 0.1) is 12.2 Å². The van der Waals surface area contributed by atoms with Crippen LogP contribution in [0.15, 0.2) is 41.2 Å². The third-order valence-corrected chi connectivity index (χ3v) is 3.57. The first kappa shape index (κ1) is 17.5. The molecule has 9 heteroatoms. The second-order valence-corrected chi connectivity index (χ2v) is 5.33. The molecule has 3 heterocycles. The first-order chi connectivity index (χ1) is 12.7. The van der Waals surface area contributed by atoms with Crippen LogP contribution in [0.1, 0.15) is 21.8 Å². The molecule has 0 aromatic carbocycles. The van der Waals surface area contributed by atoms with Crippen LogP contribution in [0.25, 0.3) is 11.3 Å². The fourth-order valence-electron chi connectivity index (χ4n) is 2.22. The van der Waals surface area contributed by atoms with Crippen molar-refractivity contribution < 1.29 is 19.2 Å². The minimum Gasteiger partial charge on any atom is -0.472 e. The Morgan fingerprint density at radius 1 is 1.23 bits per heavy atom. The van der Waals surface area contributed by atoms with Gasteiger partial charge in [0, 0.05) is 30.6 Å². The maximum Gasteiger partial charge on any atom is 0.271 e. The molecule has 0 saturated heterocycles. The van der Waals surface area contributed by atoms with Crippen molar-refractivity contribution in [2.24, 2.45) is 0 Å². The molecule has 0 fully saturated rings. The Kier molecular flexibility index (Phi) is 5.49. The number of carbonyl (C=O) groups is 1. The number of aryl methyl sites for hydroxylation is 1. The summed E-state index contributed by atoms with van der Waals surface area (Å²) in [7, 11) is 0. The molecule has 0 radical (unpaired) electrons. The van der Waals surface area contributed by atoms with Crippen LogP contribution >= 0.6 is 0 Å². The lowest BCUT2D eigenvalue weighted by atomic mass is 10.1. The topological polar surface area (TPSA) is 123 Å². The average molecular weight is 355 g/mol. The van der Waals surface area contributed by atoms with Crippen molar-refractivity contribution in [2.45, 2.75) is 13.5 Å². The number of rotatable bonds is 7. The van der Waals surface area contributed by atoms with E-state index in [-0.39, 0.29) is 31.3 Å². The molecule has 3 aromatic rings. The monoisotopic (exact) mass is 355 g/mol. The van der Waals surface area contributed by atoms with Gasteiger partial charge >= 0.3 is 0 Å². The van der Waals surface area contributed by atoms with Crippen molar-refractivity contribution >= 4 is 5.91 Å². The van der Waals surface area contributed by atoms with E-state index in [2.05, 4.69) is 25.7 Å². The molecular weight excluding hydrogens is 338 g/mol. The number of ether oxygens (including phenoxy) is 1. The number of nitrogens with zero attached hydrogens (tertiary/aromatic N) is 4. The zero-order valence-electron chi connectivity index (χ0n) is 14.0. The molecule has 0 spiro atoms. The van der Waals surface area contributed by atoms with Crippen molar-refractivity contribution in [3.63, 3.8) is 0 Å². The van der Waals surface area contributed by atoms with E-state index in [0.717, 1.165) is 11.1 Å². The van der Waals surface area contributed by atoms with Gasteiger partial charge in [0.15, 0.2) is 5.69 Å². The third kappa shape index (κ3) is 4.01. The number of aliphatic hydroxyl groups is 1. The Bertz CT molecular complexity index is 865. The highest BCUT2D eigenvalue weighted by Gasteiger charge is 2.16. The molecule has 2 N–H and O–H groups in total. The van der Waals surface area contributed by atoms with Crippen LogP contribution in [0.4, 0.5) is 0 Å². The van der Waals surface area contributed by atoms with Crippen molar-refractivity contribution in [3.8, 4) is 17.1 Å². The molecule has 3 rings (SSSR count). The highest BCUT2D eigenvalue weighted by molar-refractivity contribution is 5.92. The number of amides is 1. The van der Waals surface area contributed by atoms with Crippen molar-refractivity contribution in [2.75, 3.05) is 13.2 Å². The zero-order valence-corrected chi connectivity index (χ0v) is 14.0. The Morgan fingerprint density at radius 2 is 2.04 bits per heavy atom. The number of hydrogen-bond acceptors (Lipinski definition) is 8. The van der Waals surface area contributed by atoms with Gasteiger partial charge < -0.3 is 19.7 Å². The molecule has 0 aliphatic carbocycles. The van der Waals surface area contributed by atoms with Gasteiger partial charge in [-0.15, -0.1) is 10.2 Å². The van der Waals surface area contributed by atoms with Gasteiger partial charge in [-0.05, 0) is 25.1 Å². The highest BCUT2D eigenvalue weighted by Crippen LogP contribution is 2.25. The molecule has 134 valence electrons. The van der Waals surface area contributed by atoms with Gasteiger partial charge in [0.1, 0.15) is 18.1 Å². The Labute approximate surface area is 149 Å². The van der Waals surface area contributed by atoms with Crippen molar-refractivity contribution in [1.82, 2.24) is 25.7 Å². The maximum atomic E-state index is 11.7. The number of carbonyl (C=O) groups excluding carboxylic acids is 1. The quantitative estimate of drug-likeness (QED) is 0.646. The number of aromatic nitrogens is 4. The van der Waals surface area contributed by atoms with E-state index in [1.165, 1.54) is 6.07 Å². The van der Waals surface area contributed by atoms with Crippen LogP contribution in [0.5, 0.6) is 5.88 Å². The predicted octanol–water partition coefficient (Wildman–Crippen LogP) is 1.14. The summed E-state index contributed by atoms with van der Waals surface area (Å²) in [6.45, 7) is 2.01. The Hall–Kier alpha value is -3.33. The largest absolute Gasteiger partial charge is 0.472 e. The molecule has 1 amide bonds. The van der Waals surface area contributed by atoms with Crippen LogP contribution in [-0.2, 0) is 6.61 Å². The van der Waals surface area contributed by atoms with Gasteiger partial charge in [0.2, 0.25) is 5.88 Å². The van der Waals surface area contributed by atoms with E-state index in [0.29, 0.717) is 11.5 Å². The molecule has 0 unspecified atom stereocenters. The standard InChI is InChI=1S/C17H17N5O4/c1-11-13(16(22-26-11)12-4-6-18-7-5-12)10-25-15-3-2-14(20-21-15)17(24)19-8-9-23/h2-7,23H,8-10H2,1H3,(H,19,24). The molecule has 0 atom stereocenters. The van der Waals surface area contributed by atoms with E-state index >= 15 is 0 Å². The minimum absolute atomic E-state index is 0.141. The molecule has 0 aliphatic heterocycles. The smallest absolute Gasteiger partial charge is 0.271 e. The molecule has 0 aliphatic rings. The normalized spacial score (nSPS) is 10.5. The first-order valence-electron chi connectivity index (χ1n) is 7.90. The summed E-state index contributed by atoms with van der Waals surface area (Å²) < 4.78 is 10.9. The van der Waals surface area contributed by atoms with Gasteiger partial charge in [-0.25, -0.2) is 0 Å². The number of nitrogens with one attached hydrogen (secondary N) is 1. The second-order valence-electron chi connectivity index (χ2n) is 5.33. The molecule has 9 nitrogen and oxygen atoms in total. The van der Waals surface area contributed by atoms with Crippen molar-refractivity contribution in [1.29, 1.82) is 0 Å².